The summed E-state index contributed by atoms with van der Waals surface area (Å²) in [4.78, 5) is 30.2. The number of fused-ring (bicyclic) bond motifs is 1. The first kappa shape index (κ1) is 18.1. The number of carbonyl (C=O) groups excluding carboxylic acids is 1. The third-order valence-corrected chi connectivity index (χ3v) is 5.11. The molecule has 0 radical (unpaired) electrons. The normalized spacial score (nSPS) is 11.1. The zero-order chi connectivity index (χ0) is 18.8. The Bertz CT molecular complexity index is 1000. The van der Waals surface area contributed by atoms with E-state index in [1.807, 2.05) is 12.1 Å². The van der Waals surface area contributed by atoms with Crippen LogP contribution in [0.4, 0.5) is 5.69 Å². The summed E-state index contributed by atoms with van der Waals surface area (Å²) in [5.74, 6) is 0.970. The van der Waals surface area contributed by atoms with Crippen LogP contribution in [0.15, 0.2) is 35.4 Å². The summed E-state index contributed by atoms with van der Waals surface area (Å²) in [6.45, 7) is 6.60. The van der Waals surface area contributed by atoms with Gasteiger partial charge in [0.1, 0.15) is 10.6 Å². The van der Waals surface area contributed by atoms with Crippen molar-refractivity contribution in [2.24, 2.45) is 13.0 Å². The van der Waals surface area contributed by atoms with Gasteiger partial charge in [-0.25, -0.2) is 4.98 Å². The van der Waals surface area contributed by atoms with E-state index in [2.05, 4.69) is 24.1 Å². The molecule has 0 aliphatic carbocycles. The molecule has 3 aromatic rings. The largest absolute Gasteiger partial charge is 0.493 e. The Labute approximate surface area is 155 Å². The van der Waals surface area contributed by atoms with Crippen LogP contribution >= 0.6 is 11.3 Å². The van der Waals surface area contributed by atoms with Crippen molar-refractivity contribution in [3.8, 4) is 5.75 Å². The lowest BCUT2D eigenvalue weighted by Gasteiger charge is -2.09. The predicted molar refractivity (Wildman–Crippen MR) is 104 cm³/mol. The van der Waals surface area contributed by atoms with E-state index in [0.29, 0.717) is 38.9 Å². The maximum absolute atomic E-state index is 12.6. The molecule has 1 N–H and O–H groups in total. The lowest BCUT2D eigenvalue weighted by Crippen LogP contribution is -2.17. The molecular weight excluding hydrogens is 350 g/mol. The third-order valence-electron chi connectivity index (χ3n) is 3.91. The maximum Gasteiger partial charge on any atom is 0.266 e. The minimum atomic E-state index is -0.247. The number of nitrogens with one attached hydrogen (secondary N) is 1. The summed E-state index contributed by atoms with van der Waals surface area (Å²) in [6.07, 6.45) is 1.47. The molecule has 3 rings (SSSR count). The summed E-state index contributed by atoms with van der Waals surface area (Å²) in [6, 6.07) is 7.25. The molecule has 26 heavy (non-hydrogen) atoms. The van der Waals surface area contributed by atoms with E-state index in [4.69, 9.17) is 4.74 Å². The summed E-state index contributed by atoms with van der Waals surface area (Å²) in [5, 5.41) is 3.37. The first-order valence-electron chi connectivity index (χ1n) is 8.35. The predicted octanol–water partition coefficient (Wildman–Crippen LogP) is 3.59. The van der Waals surface area contributed by atoms with Crippen LogP contribution in [0.1, 0.15) is 29.1 Å². The van der Waals surface area contributed by atoms with Crippen LogP contribution < -0.4 is 15.6 Å². The van der Waals surface area contributed by atoms with E-state index in [1.54, 1.807) is 26.1 Å². The summed E-state index contributed by atoms with van der Waals surface area (Å²) in [5.41, 5.74) is 1.19. The minimum Gasteiger partial charge on any atom is -0.493 e. The molecule has 1 aromatic carbocycles. The Hall–Kier alpha value is -2.67. The number of anilines is 1. The van der Waals surface area contributed by atoms with Gasteiger partial charge in [0.05, 0.1) is 23.2 Å². The summed E-state index contributed by atoms with van der Waals surface area (Å²) in [7, 11) is 1.65. The van der Waals surface area contributed by atoms with Crippen molar-refractivity contribution in [3.63, 3.8) is 0 Å². The maximum atomic E-state index is 12.6. The Morgan fingerprint density at radius 1 is 1.31 bits per heavy atom. The first-order valence-corrected chi connectivity index (χ1v) is 9.17. The molecule has 1 amide bonds. The second-order valence-electron chi connectivity index (χ2n) is 6.58. The highest BCUT2D eigenvalue weighted by Crippen LogP contribution is 2.27. The van der Waals surface area contributed by atoms with Gasteiger partial charge in [0.2, 0.25) is 0 Å². The van der Waals surface area contributed by atoms with Crippen LogP contribution in [-0.2, 0) is 7.05 Å². The van der Waals surface area contributed by atoms with Gasteiger partial charge < -0.3 is 14.6 Å². The first-order chi connectivity index (χ1) is 12.4. The molecule has 6 nitrogen and oxygen atoms in total. The molecule has 2 aromatic heterocycles. The second-order valence-corrected chi connectivity index (χ2v) is 7.58. The Kier molecular flexibility index (Phi) is 5.08. The number of carbonyl (C=O) groups is 1. The number of rotatable bonds is 5. The fourth-order valence-corrected chi connectivity index (χ4v) is 3.55. The smallest absolute Gasteiger partial charge is 0.266 e. The van der Waals surface area contributed by atoms with Gasteiger partial charge in [-0.3, -0.25) is 9.59 Å². The average Bonchev–Trinajstić information content (AvgIpc) is 2.95. The molecule has 0 fully saturated rings. The number of nitrogens with zero attached hydrogens (tertiary/aromatic N) is 2. The molecule has 0 spiro atoms. The average molecular weight is 371 g/mol. The molecule has 0 aliphatic heterocycles. The highest BCUT2D eigenvalue weighted by molar-refractivity contribution is 7.20. The number of aromatic nitrogens is 2. The van der Waals surface area contributed by atoms with Gasteiger partial charge in [0, 0.05) is 12.7 Å². The van der Waals surface area contributed by atoms with Gasteiger partial charge in [0.15, 0.2) is 0 Å². The third kappa shape index (κ3) is 3.62. The fourth-order valence-electron chi connectivity index (χ4n) is 2.51. The number of aryl methyl sites for hydroxylation is 2. The Morgan fingerprint density at radius 2 is 2.00 bits per heavy atom. The van der Waals surface area contributed by atoms with E-state index in [0.717, 1.165) is 5.75 Å². The molecule has 0 bridgehead atoms. The van der Waals surface area contributed by atoms with Crippen molar-refractivity contribution < 1.29 is 9.53 Å². The lowest BCUT2D eigenvalue weighted by atomic mass is 10.2. The van der Waals surface area contributed by atoms with Crippen LogP contribution in [0.3, 0.4) is 0 Å². The summed E-state index contributed by atoms with van der Waals surface area (Å²) < 4.78 is 7.06. The SMILES string of the molecule is Cc1c(C(=O)Nc2ccc(OCC(C)C)cc2)sc2ncn(C)c(=O)c12. The summed E-state index contributed by atoms with van der Waals surface area (Å²) >= 11 is 1.23. The molecule has 2 heterocycles. The topological polar surface area (TPSA) is 73.2 Å². The standard InChI is InChI=1S/C19H21N3O3S/c1-11(2)9-25-14-7-5-13(6-8-14)21-17(23)16-12(3)15-18(26-16)20-10-22(4)19(15)24/h5-8,10-11H,9H2,1-4H3,(H,21,23). The highest BCUT2D eigenvalue weighted by Gasteiger charge is 2.19. The quantitative estimate of drug-likeness (QED) is 0.744. The molecule has 0 aliphatic rings. The second kappa shape index (κ2) is 7.29. The van der Waals surface area contributed by atoms with E-state index in [1.165, 1.54) is 22.2 Å². The van der Waals surface area contributed by atoms with Crippen LogP contribution in [0.2, 0.25) is 0 Å². The Morgan fingerprint density at radius 3 is 2.65 bits per heavy atom. The highest BCUT2D eigenvalue weighted by atomic mass is 32.1. The number of benzene rings is 1. The fraction of sp³-hybridized carbons (Fsp3) is 0.316. The van der Waals surface area contributed by atoms with E-state index in [-0.39, 0.29) is 11.5 Å². The van der Waals surface area contributed by atoms with Crippen molar-refractivity contribution in [2.45, 2.75) is 20.8 Å². The molecule has 0 atom stereocenters. The lowest BCUT2D eigenvalue weighted by molar-refractivity contribution is 0.103. The molecule has 136 valence electrons. The van der Waals surface area contributed by atoms with Gasteiger partial charge >= 0.3 is 0 Å². The van der Waals surface area contributed by atoms with Gasteiger partial charge in [-0.05, 0) is 42.7 Å². The minimum absolute atomic E-state index is 0.144. The molecule has 7 heteroatoms. The molecule has 0 saturated carbocycles. The number of hydrogen-bond acceptors (Lipinski definition) is 5. The monoisotopic (exact) mass is 371 g/mol. The zero-order valence-corrected chi connectivity index (χ0v) is 16.0. The number of hydrogen-bond donors (Lipinski definition) is 1. The van der Waals surface area contributed by atoms with Crippen molar-refractivity contribution in [1.29, 1.82) is 0 Å². The number of ether oxygens (including phenoxy) is 1. The van der Waals surface area contributed by atoms with E-state index < -0.39 is 0 Å². The molecular formula is C19H21N3O3S. The van der Waals surface area contributed by atoms with Crippen molar-refractivity contribution in [2.75, 3.05) is 11.9 Å². The van der Waals surface area contributed by atoms with Gasteiger partial charge in [-0.15, -0.1) is 11.3 Å². The van der Waals surface area contributed by atoms with Crippen molar-refractivity contribution >= 4 is 33.1 Å². The van der Waals surface area contributed by atoms with Crippen LogP contribution in [0.25, 0.3) is 10.2 Å². The van der Waals surface area contributed by atoms with Crippen LogP contribution in [0.5, 0.6) is 5.75 Å². The van der Waals surface area contributed by atoms with Crippen molar-refractivity contribution in [3.05, 3.63) is 51.4 Å². The van der Waals surface area contributed by atoms with Crippen LogP contribution in [0, 0.1) is 12.8 Å². The van der Waals surface area contributed by atoms with Crippen LogP contribution in [-0.4, -0.2) is 22.1 Å². The molecule has 0 unspecified atom stereocenters. The van der Waals surface area contributed by atoms with Gasteiger partial charge in [-0.2, -0.15) is 0 Å². The Balaban J connectivity index is 1.80. The zero-order valence-electron chi connectivity index (χ0n) is 15.2. The van der Waals surface area contributed by atoms with E-state index >= 15 is 0 Å². The van der Waals surface area contributed by atoms with Gasteiger partial charge in [0.25, 0.3) is 11.5 Å². The van der Waals surface area contributed by atoms with Crippen molar-refractivity contribution in [1.82, 2.24) is 9.55 Å². The number of thiophene rings is 1. The number of amides is 1. The van der Waals surface area contributed by atoms with Gasteiger partial charge in [-0.1, -0.05) is 13.8 Å². The molecule has 0 saturated heterocycles. The van der Waals surface area contributed by atoms with E-state index in [9.17, 15) is 9.59 Å².